The maximum absolute atomic E-state index is 13.5. The summed E-state index contributed by atoms with van der Waals surface area (Å²) in [6.45, 7) is 3.53. The molecule has 0 bridgehead atoms. The maximum Gasteiger partial charge on any atom is 0.163 e. The van der Waals surface area contributed by atoms with E-state index in [0.29, 0.717) is 17.5 Å². The van der Waals surface area contributed by atoms with E-state index in [4.69, 9.17) is 0 Å². The topological polar surface area (TPSA) is 12.0 Å². The predicted octanol–water partition coefficient (Wildman–Crippen LogP) is 4.02. The molecule has 1 N–H and O–H groups in total. The minimum atomic E-state index is -0.764. The van der Waals surface area contributed by atoms with Gasteiger partial charge in [0, 0.05) is 18.7 Å². The zero-order valence-corrected chi connectivity index (χ0v) is 10.9. The van der Waals surface area contributed by atoms with Crippen LogP contribution in [0.25, 0.3) is 0 Å². The Bertz CT molecular complexity index is 397. The average molecular weight is 253 g/mol. The van der Waals surface area contributed by atoms with Crippen LogP contribution in [0.2, 0.25) is 0 Å². The Kier molecular flexibility index (Phi) is 4.33. The Morgan fingerprint density at radius 2 is 1.94 bits per heavy atom. The highest BCUT2D eigenvalue weighted by Crippen LogP contribution is 2.40. The summed E-state index contributed by atoms with van der Waals surface area (Å²) in [5.74, 6) is -1.48. The average Bonchev–Trinajstić information content (AvgIpc) is 2.84. The van der Waals surface area contributed by atoms with E-state index >= 15 is 0 Å². The molecular weight excluding hydrogens is 232 g/mol. The molecule has 1 aliphatic carbocycles. The van der Waals surface area contributed by atoms with Crippen molar-refractivity contribution in [2.45, 2.75) is 45.6 Å². The predicted molar refractivity (Wildman–Crippen MR) is 69.3 cm³/mol. The van der Waals surface area contributed by atoms with Crippen LogP contribution in [0.5, 0.6) is 0 Å². The normalized spacial score (nSPS) is 18.2. The van der Waals surface area contributed by atoms with Crippen molar-refractivity contribution in [1.82, 2.24) is 5.32 Å². The van der Waals surface area contributed by atoms with Gasteiger partial charge in [0.25, 0.3) is 0 Å². The molecule has 1 aromatic rings. The minimum absolute atomic E-state index is 0.379. The number of hydrogen-bond donors (Lipinski definition) is 1. The van der Waals surface area contributed by atoms with Crippen molar-refractivity contribution in [1.29, 1.82) is 0 Å². The molecule has 0 amide bonds. The van der Waals surface area contributed by atoms with Crippen LogP contribution in [0.1, 0.15) is 44.6 Å². The Morgan fingerprint density at radius 3 is 2.61 bits per heavy atom. The van der Waals surface area contributed by atoms with E-state index in [1.54, 1.807) is 12.1 Å². The first-order chi connectivity index (χ1) is 8.67. The first-order valence-corrected chi connectivity index (χ1v) is 6.80. The van der Waals surface area contributed by atoms with Gasteiger partial charge in [-0.05, 0) is 30.7 Å². The van der Waals surface area contributed by atoms with Crippen molar-refractivity contribution in [2.75, 3.05) is 6.54 Å². The Labute approximate surface area is 108 Å². The lowest BCUT2D eigenvalue weighted by molar-refractivity contribution is 0.267. The van der Waals surface area contributed by atoms with Crippen LogP contribution < -0.4 is 5.32 Å². The highest BCUT2D eigenvalue weighted by molar-refractivity contribution is 5.18. The third-order valence-electron chi connectivity index (χ3n) is 4.26. The molecular formula is C15H21F2N. The molecule has 0 heterocycles. The lowest BCUT2D eigenvalue weighted by atomic mass is 9.83. The number of hydrogen-bond acceptors (Lipinski definition) is 1. The van der Waals surface area contributed by atoms with Crippen molar-refractivity contribution < 1.29 is 8.78 Å². The third kappa shape index (κ3) is 2.89. The molecule has 0 aliphatic heterocycles. The van der Waals surface area contributed by atoms with E-state index in [-0.39, 0.29) is 0 Å². The van der Waals surface area contributed by atoms with E-state index in [1.165, 1.54) is 25.7 Å². The van der Waals surface area contributed by atoms with Crippen molar-refractivity contribution in [3.63, 3.8) is 0 Å². The van der Waals surface area contributed by atoms with Gasteiger partial charge in [-0.1, -0.05) is 31.9 Å². The SMILES string of the molecule is CCC1(CNCc2cccc(F)c2F)CCCC1. The van der Waals surface area contributed by atoms with Gasteiger partial charge >= 0.3 is 0 Å². The van der Waals surface area contributed by atoms with E-state index < -0.39 is 11.6 Å². The summed E-state index contributed by atoms with van der Waals surface area (Å²) in [5, 5.41) is 3.30. The summed E-state index contributed by atoms with van der Waals surface area (Å²) in [6.07, 6.45) is 6.25. The molecule has 0 unspecified atom stereocenters. The molecule has 1 nitrogen and oxygen atoms in total. The van der Waals surface area contributed by atoms with Gasteiger partial charge in [-0.15, -0.1) is 0 Å². The van der Waals surface area contributed by atoms with Crippen molar-refractivity contribution in [2.24, 2.45) is 5.41 Å². The molecule has 0 radical (unpaired) electrons. The van der Waals surface area contributed by atoms with Crippen molar-refractivity contribution in [3.05, 3.63) is 35.4 Å². The fourth-order valence-corrected chi connectivity index (χ4v) is 2.93. The highest BCUT2D eigenvalue weighted by Gasteiger charge is 2.31. The van der Waals surface area contributed by atoms with Crippen molar-refractivity contribution in [3.8, 4) is 0 Å². The molecule has 3 heteroatoms. The standard InChI is InChI=1S/C15H21F2N/c1-2-15(8-3-4-9-15)11-18-10-12-6-5-7-13(16)14(12)17/h5-7,18H,2-4,8-11H2,1H3. The Balaban J connectivity index is 1.90. The molecule has 2 rings (SSSR count). The van der Waals surface area contributed by atoms with Crippen LogP contribution in [0.3, 0.4) is 0 Å². The lowest BCUT2D eigenvalue weighted by Crippen LogP contribution is -2.31. The van der Waals surface area contributed by atoms with Gasteiger partial charge in [0.2, 0.25) is 0 Å². The van der Waals surface area contributed by atoms with E-state index in [2.05, 4.69) is 12.2 Å². The molecule has 1 aromatic carbocycles. The van der Waals surface area contributed by atoms with Crippen LogP contribution >= 0.6 is 0 Å². The summed E-state index contributed by atoms with van der Waals surface area (Å²) in [5.41, 5.74) is 0.795. The Hall–Kier alpha value is -0.960. The molecule has 1 saturated carbocycles. The Morgan fingerprint density at radius 1 is 1.22 bits per heavy atom. The summed E-state index contributed by atoms with van der Waals surface area (Å²) in [6, 6.07) is 4.35. The summed E-state index contributed by atoms with van der Waals surface area (Å²) in [4.78, 5) is 0. The molecule has 0 saturated heterocycles. The molecule has 0 spiro atoms. The van der Waals surface area contributed by atoms with Gasteiger partial charge < -0.3 is 5.32 Å². The summed E-state index contributed by atoms with van der Waals surface area (Å²) >= 11 is 0. The molecule has 0 aromatic heterocycles. The lowest BCUT2D eigenvalue weighted by Gasteiger charge is -2.27. The fourth-order valence-electron chi connectivity index (χ4n) is 2.93. The fraction of sp³-hybridized carbons (Fsp3) is 0.600. The van der Waals surface area contributed by atoms with Crippen LogP contribution in [-0.2, 0) is 6.54 Å². The quantitative estimate of drug-likeness (QED) is 0.835. The second kappa shape index (κ2) is 5.79. The van der Waals surface area contributed by atoms with E-state index in [1.807, 2.05) is 0 Å². The monoisotopic (exact) mass is 253 g/mol. The molecule has 1 fully saturated rings. The zero-order valence-electron chi connectivity index (χ0n) is 10.9. The van der Waals surface area contributed by atoms with Gasteiger partial charge in [0.05, 0.1) is 0 Å². The van der Waals surface area contributed by atoms with Gasteiger partial charge in [0.1, 0.15) is 0 Å². The summed E-state index contributed by atoms with van der Waals surface area (Å²) in [7, 11) is 0. The van der Waals surface area contributed by atoms with Gasteiger partial charge in [-0.2, -0.15) is 0 Å². The van der Waals surface area contributed by atoms with E-state index in [0.717, 1.165) is 19.0 Å². The van der Waals surface area contributed by atoms with Crippen LogP contribution in [0.15, 0.2) is 18.2 Å². The molecule has 1 aliphatic rings. The highest BCUT2D eigenvalue weighted by atomic mass is 19.2. The third-order valence-corrected chi connectivity index (χ3v) is 4.26. The van der Waals surface area contributed by atoms with Crippen LogP contribution in [0, 0.1) is 17.0 Å². The number of halogens is 2. The van der Waals surface area contributed by atoms with Crippen LogP contribution in [0.4, 0.5) is 8.78 Å². The van der Waals surface area contributed by atoms with Crippen LogP contribution in [-0.4, -0.2) is 6.54 Å². The maximum atomic E-state index is 13.5. The zero-order chi connectivity index (χ0) is 13.0. The van der Waals surface area contributed by atoms with E-state index in [9.17, 15) is 8.78 Å². The van der Waals surface area contributed by atoms with Gasteiger partial charge in [0.15, 0.2) is 11.6 Å². The first kappa shape index (κ1) is 13.5. The molecule has 18 heavy (non-hydrogen) atoms. The first-order valence-electron chi connectivity index (χ1n) is 6.80. The van der Waals surface area contributed by atoms with Gasteiger partial charge in [-0.3, -0.25) is 0 Å². The second-order valence-electron chi connectivity index (χ2n) is 5.38. The molecule has 100 valence electrons. The second-order valence-corrected chi connectivity index (χ2v) is 5.38. The van der Waals surface area contributed by atoms with Gasteiger partial charge in [-0.25, -0.2) is 8.78 Å². The minimum Gasteiger partial charge on any atom is -0.312 e. The number of benzene rings is 1. The largest absolute Gasteiger partial charge is 0.312 e. The smallest absolute Gasteiger partial charge is 0.163 e. The van der Waals surface area contributed by atoms with Crippen molar-refractivity contribution >= 4 is 0 Å². The number of rotatable bonds is 5. The summed E-state index contributed by atoms with van der Waals surface area (Å²) < 4.78 is 26.5. The molecule has 0 atom stereocenters. The number of nitrogens with one attached hydrogen (secondary N) is 1.